The van der Waals surface area contributed by atoms with Crippen molar-refractivity contribution < 1.29 is 14.3 Å². The Balaban J connectivity index is 1.90. The molecule has 0 amide bonds. The fraction of sp³-hybridized carbons (Fsp3) is 0.560. The molecule has 1 aliphatic rings. The minimum Gasteiger partial charge on any atom is -0.484 e. The van der Waals surface area contributed by atoms with Gasteiger partial charge in [-0.15, -0.1) is 0 Å². The van der Waals surface area contributed by atoms with Gasteiger partial charge in [-0.1, -0.05) is 44.2 Å². The van der Waals surface area contributed by atoms with E-state index in [1.54, 1.807) is 0 Å². The fourth-order valence-corrected chi connectivity index (χ4v) is 3.90. The predicted molar refractivity (Wildman–Crippen MR) is 121 cm³/mol. The average Bonchev–Trinajstić information content (AvgIpc) is 2.68. The smallest absolute Gasteiger partial charge is 0.361 e. The van der Waals surface area contributed by atoms with Gasteiger partial charge in [-0.25, -0.2) is 14.8 Å². The lowest BCUT2D eigenvalue weighted by molar-refractivity contribution is 0.00571. The number of aromatic nitrogens is 2. The minimum atomic E-state index is -0.621. The van der Waals surface area contributed by atoms with Crippen molar-refractivity contribution in [3.05, 3.63) is 53.1 Å². The summed E-state index contributed by atoms with van der Waals surface area (Å²) >= 11 is 0. The van der Waals surface area contributed by atoms with Crippen molar-refractivity contribution in [3.8, 4) is 5.75 Å². The normalized spacial score (nSPS) is 18.5. The van der Waals surface area contributed by atoms with Gasteiger partial charge in [0.15, 0.2) is 11.4 Å². The van der Waals surface area contributed by atoms with Crippen molar-refractivity contribution in [3.63, 3.8) is 0 Å². The number of benzene rings is 1. The Hall–Kier alpha value is -2.47. The van der Waals surface area contributed by atoms with Crippen molar-refractivity contribution in [2.75, 3.05) is 13.1 Å². The first-order valence-corrected chi connectivity index (χ1v) is 11.0. The molecule has 0 saturated carbocycles. The number of aryl methyl sites for hydroxylation is 1. The number of hydrogen-bond acceptors (Lipinski definition) is 6. The first-order valence-electron chi connectivity index (χ1n) is 11.0. The Morgan fingerprint density at radius 2 is 1.90 bits per heavy atom. The first kappa shape index (κ1) is 23.2. The molecule has 1 aromatic heterocycles. The molecule has 2 heterocycles. The van der Waals surface area contributed by atoms with Gasteiger partial charge in [0.1, 0.15) is 18.0 Å². The maximum atomic E-state index is 13.0. The van der Waals surface area contributed by atoms with Crippen LogP contribution >= 0.6 is 0 Å². The van der Waals surface area contributed by atoms with Crippen LogP contribution in [-0.2, 0) is 17.8 Å². The van der Waals surface area contributed by atoms with Crippen molar-refractivity contribution in [1.82, 2.24) is 15.3 Å². The average molecular weight is 426 g/mol. The van der Waals surface area contributed by atoms with Gasteiger partial charge >= 0.3 is 5.97 Å². The summed E-state index contributed by atoms with van der Waals surface area (Å²) in [5, 5.41) is 3.46. The third-order valence-corrected chi connectivity index (χ3v) is 5.68. The van der Waals surface area contributed by atoms with E-state index in [0.29, 0.717) is 29.8 Å². The van der Waals surface area contributed by atoms with Gasteiger partial charge in [-0.2, -0.15) is 0 Å². The summed E-state index contributed by atoms with van der Waals surface area (Å²) in [6.07, 6.45) is 1.79. The molecular weight excluding hydrogens is 390 g/mol. The van der Waals surface area contributed by atoms with Crippen LogP contribution in [0.3, 0.4) is 0 Å². The molecule has 0 bridgehead atoms. The Morgan fingerprint density at radius 1 is 1.19 bits per heavy atom. The van der Waals surface area contributed by atoms with Gasteiger partial charge < -0.3 is 14.8 Å². The Labute approximate surface area is 185 Å². The second kappa shape index (κ2) is 9.35. The van der Waals surface area contributed by atoms with Crippen LogP contribution < -0.4 is 10.1 Å². The summed E-state index contributed by atoms with van der Waals surface area (Å²) in [5.41, 5.74) is 1.40. The van der Waals surface area contributed by atoms with Crippen LogP contribution in [0.5, 0.6) is 5.75 Å². The van der Waals surface area contributed by atoms with Crippen molar-refractivity contribution in [1.29, 1.82) is 0 Å². The maximum absolute atomic E-state index is 13.0. The number of carbonyl (C=O) groups excluding carboxylic acids is 1. The molecule has 1 fully saturated rings. The van der Waals surface area contributed by atoms with E-state index in [0.717, 1.165) is 31.5 Å². The van der Waals surface area contributed by atoms with Gasteiger partial charge in [0.25, 0.3) is 0 Å². The lowest BCUT2D eigenvalue weighted by Gasteiger charge is -2.39. The van der Waals surface area contributed by atoms with E-state index in [9.17, 15) is 4.79 Å². The highest BCUT2D eigenvalue weighted by Gasteiger charge is 2.34. The Morgan fingerprint density at radius 3 is 2.55 bits per heavy atom. The highest BCUT2D eigenvalue weighted by atomic mass is 16.6. The zero-order valence-corrected chi connectivity index (χ0v) is 19.6. The lowest BCUT2D eigenvalue weighted by Crippen LogP contribution is -2.43. The molecule has 6 heteroatoms. The molecule has 31 heavy (non-hydrogen) atoms. The highest BCUT2D eigenvalue weighted by Crippen LogP contribution is 2.34. The molecule has 1 unspecified atom stereocenters. The summed E-state index contributed by atoms with van der Waals surface area (Å²) in [6, 6.07) is 9.84. The van der Waals surface area contributed by atoms with Crippen LogP contribution in [0, 0.1) is 18.3 Å². The maximum Gasteiger partial charge on any atom is 0.361 e. The lowest BCUT2D eigenvalue weighted by atomic mass is 9.73. The molecule has 3 rings (SSSR count). The number of hydrogen-bond donors (Lipinski definition) is 1. The molecule has 1 N–H and O–H groups in total. The molecule has 168 valence electrons. The van der Waals surface area contributed by atoms with Crippen molar-refractivity contribution in [2.24, 2.45) is 11.3 Å². The standard InChI is InChI=1S/C25H35N3O3/c1-17-22(30-15-18-10-8-7-9-11-18)21(23(29)31-24(2,3)4)28-20(27-17)14-19-12-13-26-16-25(19,5)6/h7-11,19,26H,12-16H2,1-6H3. The van der Waals surface area contributed by atoms with Crippen LogP contribution in [0.2, 0.25) is 0 Å². The molecule has 1 aromatic carbocycles. The number of piperidine rings is 1. The highest BCUT2D eigenvalue weighted by molar-refractivity contribution is 5.90. The third-order valence-electron chi connectivity index (χ3n) is 5.68. The molecule has 6 nitrogen and oxygen atoms in total. The number of nitrogens with one attached hydrogen (secondary N) is 1. The van der Waals surface area contributed by atoms with Gasteiger partial charge in [0.2, 0.25) is 0 Å². The number of nitrogens with zero attached hydrogens (tertiary/aromatic N) is 2. The topological polar surface area (TPSA) is 73.3 Å². The van der Waals surface area contributed by atoms with E-state index in [4.69, 9.17) is 14.5 Å². The molecule has 1 aliphatic heterocycles. The van der Waals surface area contributed by atoms with Gasteiger partial charge in [0, 0.05) is 13.0 Å². The summed E-state index contributed by atoms with van der Waals surface area (Å²) < 4.78 is 11.7. The number of rotatable bonds is 6. The van der Waals surface area contributed by atoms with Gasteiger partial charge in [0.05, 0.1) is 5.69 Å². The largest absolute Gasteiger partial charge is 0.484 e. The summed E-state index contributed by atoms with van der Waals surface area (Å²) in [4.78, 5) is 22.4. The van der Waals surface area contributed by atoms with Crippen molar-refractivity contribution >= 4 is 5.97 Å². The zero-order valence-electron chi connectivity index (χ0n) is 19.6. The first-order chi connectivity index (χ1) is 14.5. The molecule has 2 aromatic rings. The van der Waals surface area contributed by atoms with E-state index < -0.39 is 11.6 Å². The predicted octanol–water partition coefficient (Wildman–Crippen LogP) is 4.50. The van der Waals surface area contributed by atoms with Gasteiger partial charge in [-0.05, 0) is 57.6 Å². The third kappa shape index (κ3) is 6.26. The summed E-state index contributed by atoms with van der Waals surface area (Å²) in [6.45, 7) is 14.2. The zero-order chi connectivity index (χ0) is 22.6. The quantitative estimate of drug-likeness (QED) is 0.687. The van der Waals surface area contributed by atoms with E-state index >= 15 is 0 Å². The fourth-order valence-electron chi connectivity index (χ4n) is 3.90. The molecule has 0 aliphatic carbocycles. The number of carbonyl (C=O) groups is 1. The Kier molecular flexibility index (Phi) is 6.99. The van der Waals surface area contributed by atoms with Crippen LogP contribution in [-0.4, -0.2) is 34.6 Å². The van der Waals surface area contributed by atoms with Gasteiger partial charge in [-0.3, -0.25) is 0 Å². The molecule has 1 saturated heterocycles. The SMILES string of the molecule is Cc1nc(CC2CCNCC2(C)C)nc(C(=O)OC(C)(C)C)c1OCc1ccccc1. The molecular formula is C25H35N3O3. The van der Waals surface area contributed by atoms with Crippen LogP contribution in [0.25, 0.3) is 0 Å². The molecule has 0 spiro atoms. The summed E-state index contributed by atoms with van der Waals surface area (Å²) in [5.74, 6) is 1.03. The second-order valence-corrected chi connectivity index (χ2v) is 10.0. The van der Waals surface area contributed by atoms with Crippen LogP contribution in [0.4, 0.5) is 0 Å². The van der Waals surface area contributed by atoms with E-state index in [1.807, 2.05) is 58.0 Å². The minimum absolute atomic E-state index is 0.143. The second-order valence-electron chi connectivity index (χ2n) is 10.0. The van der Waals surface area contributed by atoms with E-state index in [-0.39, 0.29) is 11.1 Å². The molecule has 1 atom stereocenters. The number of esters is 1. The monoisotopic (exact) mass is 425 g/mol. The van der Waals surface area contributed by atoms with Crippen LogP contribution in [0.15, 0.2) is 30.3 Å². The van der Waals surface area contributed by atoms with E-state index in [2.05, 4.69) is 24.1 Å². The molecule has 0 radical (unpaired) electrons. The number of ether oxygens (including phenoxy) is 2. The van der Waals surface area contributed by atoms with Crippen LogP contribution in [0.1, 0.15) is 68.6 Å². The van der Waals surface area contributed by atoms with E-state index in [1.165, 1.54) is 0 Å². The summed E-state index contributed by atoms with van der Waals surface area (Å²) in [7, 11) is 0. The van der Waals surface area contributed by atoms with Crippen molar-refractivity contribution in [2.45, 2.75) is 66.6 Å². The Bertz CT molecular complexity index is 904.